The average Bonchev–Trinajstić information content (AvgIpc) is 2.09. The number of rotatable bonds is 3. The van der Waals surface area contributed by atoms with Crippen LogP contribution in [0.3, 0.4) is 0 Å². The molecule has 0 saturated heterocycles. The van der Waals surface area contributed by atoms with Gasteiger partial charge in [0.05, 0.1) is 0 Å². The van der Waals surface area contributed by atoms with Gasteiger partial charge in [-0.25, -0.2) is 4.39 Å². The average molecular weight is 181 g/mol. The first-order valence-corrected chi connectivity index (χ1v) is 4.66. The van der Waals surface area contributed by atoms with E-state index in [-0.39, 0.29) is 11.9 Å². The minimum Gasteiger partial charge on any atom is -0.324 e. The van der Waals surface area contributed by atoms with Crippen molar-refractivity contribution in [2.75, 3.05) is 0 Å². The number of hydrogen-bond acceptors (Lipinski definition) is 1. The summed E-state index contributed by atoms with van der Waals surface area (Å²) in [5.74, 6) is -0.202. The summed E-state index contributed by atoms with van der Waals surface area (Å²) in [6, 6.07) is 4.76. The smallest absolute Gasteiger partial charge is 0.123 e. The molecule has 2 heteroatoms. The van der Waals surface area contributed by atoms with E-state index in [4.69, 9.17) is 5.73 Å². The zero-order valence-corrected chi connectivity index (χ0v) is 8.18. The third kappa shape index (κ3) is 2.52. The van der Waals surface area contributed by atoms with E-state index < -0.39 is 0 Å². The van der Waals surface area contributed by atoms with Gasteiger partial charge in [0.15, 0.2) is 0 Å². The summed E-state index contributed by atoms with van der Waals surface area (Å²) in [5, 5.41) is 0. The topological polar surface area (TPSA) is 26.0 Å². The Balaban J connectivity index is 2.91. The molecule has 1 aromatic rings. The predicted molar refractivity (Wildman–Crippen MR) is 53.0 cm³/mol. The van der Waals surface area contributed by atoms with E-state index in [1.807, 2.05) is 6.92 Å². The Bertz CT molecular complexity index is 283. The van der Waals surface area contributed by atoms with Gasteiger partial charge in [0, 0.05) is 6.04 Å². The lowest BCUT2D eigenvalue weighted by atomic mass is 9.98. The predicted octanol–water partition coefficient (Wildman–Crippen LogP) is 2.93. The highest BCUT2D eigenvalue weighted by molar-refractivity contribution is 5.29. The summed E-state index contributed by atoms with van der Waals surface area (Å²) in [4.78, 5) is 0. The summed E-state index contributed by atoms with van der Waals surface area (Å²) in [7, 11) is 0. The SMILES string of the molecule is CCC[C@H](N)c1cc(F)ccc1C. The van der Waals surface area contributed by atoms with Crippen LogP contribution in [0.5, 0.6) is 0 Å². The van der Waals surface area contributed by atoms with E-state index in [0.29, 0.717) is 0 Å². The van der Waals surface area contributed by atoms with Crippen molar-refractivity contribution in [3.63, 3.8) is 0 Å². The number of nitrogens with two attached hydrogens (primary N) is 1. The molecule has 0 radical (unpaired) electrons. The Kier molecular flexibility index (Phi) is 3.43. The van der Waals surface area contributed by atoms with Crippen LogP contribution in [0, 0.1) is 12.7 Å². The van der Waals surface area contributed by atoms with Crippen molar-refractivity contribution in [2.24, 2.45) is 5.73 Å². The second-order valence-corrected chi connectivity index (χ2v) is 3.40. The van der Waals surface area contributed by atoms with Crippen LogP contribution >= 0.6 is 0 Å². The highest BCUT2D eigenvalue weighted by Gasteiger charge is 2.08. The third-order valence-electron chi connectivity index (χ3n) is 2.24. The van der Waals surface area contributed by atoms with Crippen molar-refractivity contribution in [3.8, 4) is 0 Å². The van der Waals surface area contributed by atoms with E-state index in [9.17, 15) is 4.39 Å². The van der Waals surface area contributed by atoms with Crippen molar-refractivity contribution < 1.29 is 4.39 Å². The van der Waals surface area contributed by atoms with Gasteiger partial charge < -0.3 is 5.73 Å². The van der Waals surface area contributed by atoms with E-state index >= 15 is 0 Å². The molecule has 0 aromatic heterocycles. The van der Waals surface area contributed by atoms with Crippen LogP contribution in [-0.4, -0.2) is 0 Å². The van der Waals surface area contributed by atoms with Gasteiger partial charge in [-0.05, 0) is 36.6 Å². The first kappa shape index (κ1) is 10.2. The van der Waals surface area contributed by atoms with Crippen molar-refractivity contribution in [1.29, 1.82) is 0 Å². The molecule has 1 aromatic carbocycles. The highest BCUT2D eigenvalue weighted by Crippen LogP contribution is 2.20. The van der Waals surface area contributed by atoms with Gasteiger partial charge in [0.2, 0.25) is 0 Å². The molecular weight excluding hydrogens is 165 g/mol. The number of benzene rings is 1. The molecule has 0 spiro atoms. The molecule has 1 nitrogen and oxygen atoms in total. The largest absolute Gasteiger partial charge is 0.324 e. The molecule has 1 rings (SSSR count). The summed E-state index contributed by atoms with van der Waals surface area (Å²) in [5.41, 5.74) is 7.91. The van der Waals surface area contributed by atoms with Crippen molar-refractivity contribution in [1.82, 2.24) is 0 Å². The maximum Gasteiger partial charge on any atom is 0.123 e. The lowest BCUT2D eigenvalue weighted by Crippen LogP contribution is -2.11. The summed E-state index contributed by atoms with van der Waals surface area (Å²) in [6.07, 6.45) is 1.93. The Morgan fingerprint density at radius 2 is 2.15 bits per heavy atom. The Morgan fingerprint density at radius 1 is 1.46 bits per heavy atom. The lowest BCUT2D eigenvalue weighted by molar-refractivity contribution is 0.603. The van der Waals surface area contributed by atoms with E-state index in [2.05, 4.69) is 6.92 Å². The van der Waals surface area contributed by atoms with E-state index in [0.717, 1.165) is 24.0 Å². The molecule has 2 N–H and O–H groups in total. The standard InChI is InChI=1S/C11H16FN/c1-3-4-11(13)10-7-9(12)6-5-8(10)2/h5-7,11H,3-4,13H2,1-2H3/t11-/m0/s1. The molecule has 0 unspecified atom stereocenters. The van der Waals surface area contributed by atoms with Crippen molar-refractivity contribution >= 4 is 0 Å². The molecule has 0 amide bonds. The van der Waals surface area contributed by atoms with Gasteiger partial charge in [-0.1, -0.05) is 19.4 Å². The normalized spacial score (nSPS) is 12.9. The maximum absolute atomic E-state index is 12.9. The van der Waals surface area contributed by atoms with Crippen LogP contribution in [0.4, 0.5) is 4.39 Å². The van der Waals surface area contributed by atoms with Gasteiger partial charge in [0.25, 0.3) is 0 Å². The van der Waals surface area contributed by atoms with Crippen LogP contribution < -0.4 is 5.73 Å². The second-order valence-electron chi connectivity index (χ2n) is 3.40. The number of hydrogen-bond donors (Lipinski definition) is 1. The molecule has 0 saturated carbocycles. The monoisotopic (exact) mass is 181 g/mol. The van der Waals surface area contributed by atoms with Gasteiger partial charge in [0.1, 0.15) is 5.82 Å². The summed E-state index contributed by atoms with van der Waals surface area (Å²) >= 11 is 0. The van der Waals surface area contributed by atoms with Crippen LogP contribution in [-0.2, 0) is 0 Å². The van der Waals surface area contributed by atoms with Gasteiger partial charge in [-0.15, -0.1) is 0 Å². The summed E-state index contributed by atoms with van der Waals surface area (Å²) in [6.45, 7) is 4.04. The molecule has 0 aliphatic carbocycles. The van der Waals surface area contributed by atoms with Crippen molar-refractivity contribution in [3.05, 3.63) is 35.1 Å². The zero-order chi connectivity index (χ0) is 9.84. The highest BCUT2D eigenvalue weighted by atomic mass is 19.1. The molecule has 0 aliphatic rings. The Labute approximate surface area is 78.8 Å². The zero-order valence-electron chi connectivity index (χ0n) is 8.18. The van der Waals surface area contributed by atoms with Crippen molar-refractivity contribution in [2.45, 2.75) is 32.7 Å². The molecule has 13 heavy (non-hydrogen) atoms. The van der Waals surface area contributed by atoms with E-state index in [1.54, 1.807) is 6.07 Å². The van der Waals surface area contributed by atoms with Crippen LogP contribution in [0.1, 0.15) is 36.9 Å². The fourth-order valence-corrected chi connectivity index (χ4v) is 1.48. The van der Waals surface area contributed by atoms with Crippen LogP contribution in [0.2, 0.25) is 0 Å². The van der Waals surface area contributed by atoms with E-state index in [1.165, 1.54) is 12.1 Å². The lowest BCUT2D eigenvalue weighted by Gasteiger charge is -2.13. The second kappa shape index (κ2) is 4.38. The van der Waals surface area contributed by atoms with Gasteiger partial charge >= 0.3 is 0 Å². The first-order valence-electron chi connectivity index (χ1n) is 4.66. The van der Waals surface area contributed by atoms with Gasteiger partial charge in [-0.2, -0.15) is 0 Å². The molecule has 0 bridgehead atoms. The molecule has 72 valence electrons. The van der Waals surface area contributed by atoms with Crippen LogP contribution in [0.15, 0.2) is 18.2 Å². The quantitative estimate of drug-likeness (QED) is 0.762. The van der Waals surface area contributed by atoms with Crippen LogP contribution in [0.25, 0.3) is 0 Å². The minimum absolute atomic E-state index is 0.0271. The van der Waals surface area contributed by atoms with Gasteiger partial charge in [-0.3, -0.25) is 0 Å². The number of aryl methyl sites for hydroxylation is 1. The maximum atomic E-state index is 12.9. The fourth-order valence-electron chi connectivity index (χ4n) is 1.48. The number of halogens is 1. The molecule has 0 fully saturated rings. The summed E-state index contributed by atoms with van der Waals surface area (Å²) < 4.78 is 12.9. The molecule has 1 atom stereocenters. The molecule has 0 heterocycles. The Hall–Kier alpha value is -0.890. The third-order valence-corrected chi connectivity index (χ3v) is 2.24. The minimum atomic E-state index is -0.202. The first-order chi connectivity index (χ1) is 6.15. The molecular formula is C11H16FN. The fraction of sp³-hybridized carbons (Fsp3) is 0.455. The Morgan fingerprint density at radius 3 is 2.77 bits per heavy atom. The molecule has 0 aliphatic heterocycles.